The average Bonchev–Trinajstić information content (AvgIpc) is 3.95. The van der Waals surface area contributed by atoms with Crippen molar-refractivity contribution in [3.05, 3.63) is 82.1 Å². The van der Waals surface area contributed by atoms with Crippen LogP contribution in [0.15, 0.2) is 61.2 Å². The molecule has 56 heavy (non-hydrogen) atoms. The van der Waals surface area contributed by atoms with Gasteiger partial charge < -0.3 is 16.0 Å². The molecular weight excluding hydrogens is 775 g/mol. The third kappa shape index (κ3) is 8.99. The second-order valence-electron chi connectivity index (χ2n) is 15.1. The van der Waals surface area contributed by atoms with E-state index in [1.54, 1.807) is 45.3 Å². The van der Waals surface area contributed by atoms with E-state index < -0.39 is 0 Å². The van der Waals surface area contributed by atoms with E-state index >= 15 is 0 Å². The number of carbonyl (C=O) groups is 2. The molecule has 0 spiro atoms. The number of hydrogen-bond donors (Lipinski definition) is 3. The summed E-state index contributed by atoms with van der Waals surface area (Å²) in [5, 5.41) is 13.4. The highest BCUT2D eigenvalue weighted by molar-refractivity contribution is 7.23. The van der Waals surface area contributed by atoms with Gasteiger partial charge in [-0.15, -0.1) is 45.3 Å². The summed E-state index contributed by atoms with van der Waals surface area (Å²) in [6.45, 7) is 21.4. The largest absolute Gasteiger partial charge is 0.317 e. The molecule has 2 aliphatic heterocycles. The Morgan fingerprint density at radius 2 is 1.21 bits per heavy atom. The Bertz CT molecular complexity index is 2280. The zero-order chi connectivity index (χ0) is 39.5. The van der Waals surface area contributed by atoms with Gasteiger partial charge in [0.2, 0.25) is 11.8 Å². The molecule has 0 atom stereocenters. The molecule has 0 bridgehead atoms. The van der Waals surface area contributed by atoms with Crippen molar-refractivity contribution in [2.45, 2.75) is 92.0 Å². The number of anilines is 2. The normalized spacial score (nSPS) is 14.6. The monoisotopic (exact) mass is 825 g/mol. The first-order valence-corrected chi connectivity index (χ1v) is 22.7. The molecule has 8 rings (SSSR count). The Hall–Kier alpha value is -3.82. The first-order valence-electron chi connectivity index (χ1n) is 19.4. The number of thiophene rings is 2. The van der Waals surface area contributed by atoms with Crippen LogP contribution in [0.5, 0.6) is 0 Å². The maximum atomic E-state index is 12.7. The van der Waals surface area contributed by atoms with Gasteiger partial charge >= 0.3 is 0 Å². The van der Waals surface area contributed by atoms with Gasteiger partial charge in [0.1, 0.15) is 20.0 Å². The van der Waals surface area contributed by atoms with Crippen molar-refractivity contribution in [2.24, 2.45) is 0 Å². The number of hydrogen-bond acceptors (Lipinski definition) is 11. The summed E-state index contributed by atoms with van der Waals surface area (Å²) in [4.78, 5) is 42.1. The minimum absolute atomic E-state index is 0.0600. The number of rotatable bonds is 11. The minimum Gasteiger partial charge on any atom is -0.317 e. The second-order valence-corrected chi connectivity index (χ2v) is 19.4. The summed E-state index contributed by atoms with van der Waals surface area (Å²) in [6, 6.07) is 17.9. The molecule has 9 nitrogen and oxygen atoms in total. The van der Waals surface area contributed by atoms with Crippen LogP contribution >= 0.6 is 45.3 Å². The van der Waals surface area contributed by atoms with E-state index in [2.05, 4.69) is 98.1 Å². The number of nitrogens with one attached hydrogen (secondary N) is 3. The summed E-state index contributed by atoms with van der Waals surface area (Å²) in [6.07, 6.45) is 3.78. The summed E-state index contributed by atoms with van der Waals surface area (Å²) in [5.74, 6) is -0.114. The van der Waals surface area contributed by atoms with E-state index in [9.17, 15) is 9.59 Å². The molecule has 0 aliphatic carbocycles. The molecule has 0 saturated heterocycles. The first kappa shape index (κ1) is 40.4. The van der Waals surface area contributed by atoms with E-state index in [0.717, 1.165) is 81.2 Å². The molecule has 13 heteroatoms. The summed E-state index contributed by atoms with van der Waals surface area (Å²) in [7, 11) is 0. The fourth-order valence-corrected chi connectivity index (χ4v) is 11.9. The van der Waals surface area contributed by atoms with Crippen LogP contribution in [0.3, 0.4) is 0 Å². The van der Waals surface area contributed by atoms with Crippen molar-refractivity contribution < 1.29 is 9.59 Å². The zero-order valence-corrected chi connectivity index (χ0v) is 36.3. The molecular formula is C43H51N7O2S4. The lowest BCUT2D eigenvalue weighted by molar-refractivity contribution is -0.116. The van der Waals surface area contributed by atoms with E-state index in [0.29, 0.717) is 31.1 Å². The summed E-state index contributed by atoms with van der Waals surface area (Å²) in [5.41, 5.74) is 6.98. The minimum atomic E-state index is -0.174. The van der Waals surface area contributed by atoms with Gasteiger partial charge in [-0.2, -0.15) is 0 Å². The van der Waals surface area contributed by atoms with Gasteiger partial charge in [-0.3, -0.25) is 19.4 Å². The van der Waals surface area contributed by atoms with Crippen molar-refractivity contribution in [1.29, 1.82) is 0 Å². The molecule has 6 heterocycles. The van der Waals surface area contributed by atoms with Crippen LogP contribution in [0.1, 0.15) is 68.8 Å². The smallest absolute Gasteiger partial charge is 0.248 e. The highest BCUT2D eigenvalue weighted by Crippen LogP contribution is 2.47. The number of amides is 2. The van der Waals surface area contributed by atoms with E-state index in [4.69, 9.17) is 9.97 Å². The van der Waals surface area contributed by atoms with Crippen LogP contribution in [0, 0.1) is 0 Å². The lowest BCUT2D eigenvalue weighted by Crippen LogP contribution is -2.35. The van der Waals surface area contributed by atoms with E-state index in [-0.39, 0.29) is 11.8 Å². The summed E-state index contributed by atoms with van der Waals surface area (Å²) < 4.78 is 2.36. The molecule has 2 aromatic carbocycles. The van der Waals surface area contributed by atoms with Crippen molar-refractivity contribution in [3.8, 4) is 21.1 Å². The van der Waals surface area contributed by atoms with Crippen LogP contribution in [0.25, 0.3) is 41.6 Å². The molecule has 3 N–H and O–H groups in total. The van der Waals surface area contributed by atoms with Crippen molar-refractivity contribution in [2.75, 3.05) is 30.3 Å². The van der Waals surface area contributed by atoms with Gasteiger partial charge in [0.15, 0.2) is 0 Å². The quantitative estimate of drug-likeness (QED) is 0.112. The molecule has 2 amide bonds. The van der Waals surface area contributed by atoms with Crippen molar-refractivity contribution in [3.63, 3.8) is 0 Å². The maximum absolute atomic E-state index is 12.7. The van der Waals surface area contributed by atoms with Crippen LogP contribution in [0.4, 0.5) is 10.0 Å². The number of thiazole rings is 2. The van der Waals surface area contributed by atoms with Gasteiger partial charge in [-0.25, -0.2) is 9.97 Å². The Morgan fingerprint density at radius 3 is 1.66 bits per heavy atom. The number of nitrogens with zero attached hydrogens (tertiary/aromatic N) is 4. The Kier molecular flexibility index (Phi) is 12.8. The molecule has 4 aromatic heterocycles. The van der Waals surface area contributed by atoms with Crippen LogP contribution in [-0.2, 0) is 35.5 Å². The van der Waals surface area contributed by atoms with Crippen molar-refractivity contribution in [1.82, 2.24) is 25.1 Å². The Morgan fingerprint density at radius 1 is 0.732 bits per heavy atom. The molecule has 0 unspecified atom stereocenters. The number of fused-ring (bicyclic) bond motifs is 4. The SMILES string of the molecule is C=CC(=O)Nc1sc2c(c1-c1nc3ccccc3s1)CCN(C(C)C)C2.CC(C)NCCC(=O)Nc1sc2c(c1-c1nc3ccccc3s1)CCN(C(C)C)C2. The molecule has 0 fully saturated rings. The number of para-hydroxylation sites is 2. The second kappa shape index (κ2) is 17.8. The maximum Gasteiger partial charge on any atom is 0.248 e. The zero-order valence-electron chi connectivity index (χ0n) is 33.0. The topological polar surface area (TPSA) is 102 Å². The predicted octanol–water partition coefficient (Wildman–Crippen LogP) is 10.0. The highest BCUT2D eigenvalue weighted by Gasteiger charge is 2.30. The fourth-order valence-electron chi connectivity index (χ4n) is 7.14. The molecule has 6 aromatic rings. The van der Waals surface area contributed by atoms with Gasteiger partial charge in [-0.1, -0.05) is 44.7 Å². The van der Waals surface area contributed by atoms with Gasteiger partial charge in [0.05, 0.1) is 20.4 Å². The Balaban J connectivity index is 0.000000173. The summed E-state index contributed by atoms with van der Waals surface area (Å²) >= 11 is 6.81. The third-order valence-corrected chi connectivity index (χ3v) is 14.6. The standard InChI is InChI=1S/C23H30N4OS2.C20H21N3OS2/c1-14(2)24-11-9-20(28)26-23-21(22-25-17-7-5-6-8-18(17)29-22)16-10-12-27(15(3)4)13-19(16)30-23;1-4-17(24)22-20-18(19-21-14-7-5-6-8-15(14)25-19)13-9-10-23(12(2)3)11-16(13)26-20/h5-8,14-15,24H,9-13H2,1-4H3,(H,26,28);4-8,12H,1,9-11H2,2-3H3,(H,22,24). The highest BCUT2D eigenvalue weighted by atomic mass is 32.1. The van der Waals surface area contributed by atoms with Gasteiger partial charge in [0, 0.05) is 78.2 Å². The number of carbonyl (C=O) groups excluding carboxylic acids is 2. The lowest BCUT2D eigenvalue weighted by atomic mass is 10.0. The number of benzene rings is 2. The molecule has 0 radical (unpaired) electrons. The van der Waals surface area contributed by atoms with Crippen LogP contribution in [0.2, 0.25) is 0 Å². The van der Waals surface area contributed by atoms with Crippen LogP contribution < -0.4 is 16.0 Å². The van der Waals surface area contributed by atoms with E-state index in [1.165, 1.54) is 36.4 Å². The number of aromatic nitrogens is 2. The lowest BCUT2D eigenvalue weighted by Gasteiger charge is -2.30. The molecule has 2 aliphatic rings. The van der Waals surface area contributed by atoms with E-state index in [1.807, 2.05) is 24.3 Å². The van der Waals surface area contributed by atoms with Crippen molar-refractivity contribution >= 4 is 87.6 Å². The molecule has 294 valence electrons. The van der Waals surface area contributed by atoms with Gasteiger partial charge in [-0.05, 0) is 82.0 Å². The predicted molar refractivity (Wildman–Crippen MR) is 240 cm³/mol. The van der Waals surface area contributed by atoms with Crippen LogP contribution in [-0.4, -0.2) is 69.3 Å². The first-order chi connectivity index (χ1) is 27.0. The Labute approximate surface area is 345 Å². The molecule has 0 saturated carbocycles. The third-order valence-electron chi connectivity index (χ3n) is 10.2. The fraction of sp³-hybridized carbons (Fsp3) is 0.395. The average molecular weight is 826 g/mol. The van der Waals surface area contributed by atoms with Gasteiger partial charge in [0.25, 0.3) is 0 Å².